The van der Waals surface area contributed by atoms with Gasteiger partial charge < -0.3 is 9.84 Å². The zero-order valence-electron chi connectivity index (χ0n) is 14.3. The van der Waals surface area contributed by atoms with E-state index >= 15 is 0 Å². The number of fused-ring (bicyclic) bond motifs is 4. The van der Waals surface area contributed by atoms with Gasteiger partial charge in [-0.15, -0.1) is 0 Å². The highest BCUT2D eigenvalue weighted by molar-refractivity contribution is 5.83. The van der Waals surface area contributed by atoms with E-state index in [4.69, 9.17) is 4.74 Å². The lowest BCUT2D eigenvalue weighted by Crippen LogP contribution is -2.52. The molecule has 0 spiro atoms. The number of pyridine rings is 1. The Balaban J connectivity index is 1.70. The first-order valence-electron chi connectivity index (χ1n) is 8.71. The standard InChI is InChI=1S/C20H24N2O2/c1-3-13-12-22-9-7-14(13)10-19(22)20(23)16-6-8-21-18-5-4-15(24-2)11-17(16)18/h3-6,8,11,14,19-20,23H,7,9-10,12H2,1-2H3/b13-3+/t14-,19+,20-/m0/s1. The second-order valence-electron chi connectivity index (χ2n) is 6.85. The topological polar surface area (TPSA) is 45.6 Å². The van der Waals surface area contributed by atoms with Crippen molar-refractivity contribution in [3.8, 4) is 5.75 Å². The summed E-state index contributed by atoms with van der Waals surface area (Å²) < 4.78 is 5.35. The fourth-order valence-electron chi connectivity index (χ4n) is 4.34. The SMILES string of the molecule is C/C=C1\CN2CC[C@H]1C[C@@H]2[C@@H](O)c1ccnc2ccc(OC)cc12. The second-order valence-corrected chi connectivity index (χ2v) is 6.85. The van der Waals surface area contributed by atoms with Gasteiger partial charge >= 0.3 is 0 Å². The lowest BCUT2D eigenvalue weighted by molar-refractivity contribution is -0.00340. The van der Waals surface area contributed by atoms with Crippen molar-refractivity contribution >= 4 is 10.9 Å². The van der Waals surface area contributed by atoms with Crippen molar-refractivity contribution in [1.29, 1.82) is 0 Å². The number of hydrogen-bond acceptors (Lipinski definition) is 4. The molecule has 1 aromatic heterocycles. The van der Waals surface area contributed by atoms with Crippen LogP contribution in [0.1, 0.15) is 31.4 Å². The van der Waals surface area contributed by atoms with Crippen molar-refractivity contribution < 1.29 is 9.84 Å². The minimum Gasteiger partial charge on any atom is -0.497 e. The number of nitrogens with zero attached hydrogens (tertiary/aromatic N) is 2. The molecule has 1 N–H and O–H groups in total. The van der Waals surface area contributed by atoms with Gasteiger partial charge in [0.25, 0.3) is 0 Å². The zero-order chi connectivity index (χ0) is 16.7. The van der Waals surface area contributed by atoms with Gasteiger partial charge in [-0.3, -0.25) is 9.88 Å². The first-order chi connectivity index (χ1) is 11.7. The lowest BCUT2D eigenvalue weighted by atomic mass is 9.76. The van der Waals surface area contributed by atoms with E-state index in [1.165, 1.54) is 12.0 Å². The van der Waals surface area contributed by atoms with Crippen LogP contribution >= 0.6 is 0 Å². The smallest absolute Gasteiger partial charge is 0.119 e. The van der Waals surface area contributed by atoms with Gasteiger partial charge in [-0.25, -0.2) is 0 Å². The molecule has 2 bridgehead atoms. The minimum absolute atomic E-state index is 0.184. The molecule has 4 nitrogen and oxygen atoms in total. The molecule has 3 fully saturated rings. The van der Waals surface area contributed by atoms with E-state index in [0.29, 0.717) is 5.92 Å². The van der Waals surface area contributed by atoms with E-state index in [-0.39, 0.29) is 6.04 Å². The highest BCUT2D eigenvalue weighted by atomic mass is 16.5. The lowest BCUT2D eigenvalue weighted by Gasteiger charge is -2.48. The van der Waals surface area contributed by atoms with Crippen LogP contribution in [0.4, 0.5) is 0 Å². The highest BCUT2D eigenvalue weighted by Gasteiger charge is 2.40. The van der Waals surface area contributed by atoms with Gasteiger partial charge in [-0.2, -0.15) is 0 Å². The Bertz CT molecular complexity index is 786. The maximum atomic E-state index is 11.2. The van der Waals surface area contributed by atoms with E-state index in [1.54, 1.807) is 13.3 Å². The summed E-state index contributed by atoms with van der Waals surface area (Å²) >= 11 is 0. The Labute approximate surface area is 142 Å². The van der Waals surface area contributed by atoms with Crippen molar-refractivity contribution in [3.05, 3.63) is 47.7 Å². The van der Waals surface area contributed by atoms with Crippen LogP contribution in [0.15, 0.2) is 42.1 Å². The van der Waals surface area contributed by atoms with Gasteiger partial charge in [0.2, 0.25) is 0 Å². The van der Waals surface area contributed by atoms with E-state index in [0.717, 1.165) is 41.7 Å². The predicted octanol–water partition coefficient (Wildman–Crippen LogP) is 3.32. The summed E-state index contributed by atoms with van der Waals surface area (Å²) in [5.74, 6) is 1.42. The number of ether oxygens (including phenoxy) is 1. The van der Waals surface area contributed by atoms with Crippen molar-refractivity contribution in [3.63, 3.8) is 0 Å². The third-order valence-corrected chi connectivity index (χ3v) is 5.71. The summed E-state index contributed by atoms with van der Waals surface area (Å²) in [5, 5.41) is 12.1. The van der Waals surface area contributed by atoms with Gasteiger partial charge in [-0.05, 0) is 62.1 Å². The monoisotopic (exact) mass is 324 g/mol. The van der Waals surface area contributed by atoms with Crippen molar-refractivity contribution in [2.24, 2.45) is 5.92 Å². The van der Waals surface area contributed by atoms with Crippen molar-refractivity contribution in [1.82, 2.24) is 9.88 Å². The van der Waals surface area contributed by atoms with Crippen LogP contribution in [0.25, 0.3) is 10.9 Å². The van der Waals surface area contributed by atoms with Crippen LogP contribution in [-0.2, 0) is 0 Å². The summed E-state index contributed by atoms with van der Waals surface area (Å²) in [7, 11) is 1.66. The number of piperidine rings is 3. The average molecular weight is 324 g/mol. The first kappa shape index (κ1) is 15.6. The number of hydrogen-bond donors (Lipinski definition) is 1. The number of methoxy groups -OCH3 is 1. The average Bonchev–Trinajstić information content (AvgIpc) is 2.66. The van der Waals surface area contributed by atoms with Crippen LogP contribution in [0, 0.1) is 5.92 Å². The van der Waals surface area contributed by atoms with E-state index in [2.05, 4.69) is 22.9 Å². The Morgan fingerprint density at radius 1 is 1.38 bits per heavy atom. The number of aliphatic hydroxyl groups excluding tert-OH is 1. The molecule has 0 aliphatic carbocycles. The largest absolute Gasteiger partial charge is 0.497 e. The van der Waals surface area contributed by atoms with Crippen LogP contribution in [-0.4, -0.2) is 41.2 Å². The molecule has 3 saturated heterocycles. The van der Waals surface area contributed by atoms with Gasteiger partial charge in [0.1, 0.15) is 5.75 Å². The van der Waals surface area contributed by atoms with Gasteiger partial charge in [-0.1, -0.05) is 11.6 Å². The number of rotatable bonds is 3. The fraction of sp³-hybridized carbons (Fsp3) is 0.450. The summed E-state index contributed by atoms with van der Waals surface area (Å²) in [6, 6.07) is 7.98. The molecule has 24 heavy (non-hydrogen) atoms. The Kier molecular flexibility index (Phi) is 4.02. The molecular weight excluding hydrogens is 300 g/mol. The Hall–Kier alpha value is -1.91. The maximum absolute atomic E-state index is 11.2. The fourth-order valence-corrected chi connectivity index (χ4v) is 4.34. The number of benzene rings is 1. The Morgan fingerprint density at radius 2 is 2.25 bits per heavy atom. The van der Waals surface area contributed by atoms with Crippen LogP contribution in [0.2, 0.25) is 0 Å². The molecule has 3 aliphatic rings. The van der Waals surface area contributed by atoms with Crippen LogP contribution in [0.5, 0.6) is 5.75 Å². The summed E-state index contributed by atoms with van der Waals surface area (Å²) in [5.41, 5.74) is 3.39. The van der Waals surface area contributed by atoms with E-state index in [1.807, 2.05) is 24.3 Å². The van der Waals surface area contributed by atoms with Crippen LogP contribution < -0.4 is 4.74 Å². The zero-order valence-corrected chi connectivity index (χ0v) is 14.3. The highest BCUT2D eigenvalue weighted by Crippen LogP contribution is 2.41. The van der Waals surface area contributed by atoms with Gasteiger partial charge in [0.05, 0.1) is 18.7 Å². The van der Waals surface area contributed by atoms with E-state index < -0.39 is 6.10 Å². The maximum Gasteiger partial charge on any atom is 0.119 e. The van der Waals surface area contributed by atoms with Crippen molar-refractivity contribution in [2.75, 3.05) is 20.2 Å². The summed E-state index contributed by atoms with van der Waals surface area (Å²) in [6.45, 7) is 4.20. The molecule has 126 valence electrons. The number of allylic oxidation sites excluding steroid dienone is 1. The molecule has 4 heterocycles. The van der Waals surface area contributed by atoms with E-state index in [9.17, 15) is 5.11 Å². The quantitative estimate of drug-likeness (QED) is 0.880. The van der Waals surface area contributed by atoms with Gasteiger partial charge in [0.15, 0.2) is 0 Å². The van der Waals surface area contributed by atoms with Crippen molar-refractivity contribution in [2.45, 2.75) is 31.9 Å². The molecular formula is C20H24N2O2. The summed E-state index contributed by atoms with van der Waals surface area (Å²) in [4.78, 5) is 6.87. The molecule has 4 atom stereocenters. The molecule has 0 amide bonds. The van der Waals surface area contributed by atoms with Gasteiger partial charge in [0, 0.05) is 24.2 Å². The number of aromatic nitrogens is 1. The molecule has 1 unspecified atom stereocenters. The molecule has 3 aliphatic heterocycles. The summed E-state index contributed by atoms with van der Waals surface area (Å²) in [6.07, 6.45) is 5.80. The third kappa shape index (κ3) is 2.50. The minimum atomic E-state index is -0.496. The molecule has 5 rings (SSSR count). The number of aliphatic hydroxyl groups is 1. The molecule has 0 radical (unpaired) electrons. The second kappa shape index (κ2) is 6.19. The predicted molar refractivity (Wildman–Crippen MR) is 95.1 cm³/mol. The van der Waals surface area contributed by atoms with Crippen LogP contribution in [0.3, 0.4) is 0 Å². The third-order valence-electron chi connectivity index (χ3n) is 5.71. The normalized spacial score (nSPS) is 29.1. The molecule has 0 saturated carbocycles. The Morgan fingerprint density at radius 3 is 2.96 bits per heavy atom. The molecule has 2 aromatic rings. The molecule has 1 aromatic carbocycles. The first-order valence-corrected chi connectivity index (χ1v) is 8.71. The molecule has 4 heteroatoms.